The molecule has 1 unspecified atom stereocenters. The molecule has 0 amide bonds. The van der Waals surface area contributed by atoms with Crippen LogP contribution in [0.25, 0.3) is 11.4 Å². The number of rotatable bonds is 7. The predicted octanol–water partition coefficient (Wildman–Crippen LogP) is 2.38. The molecule has 0 saturated carbocycles. The fraction of sp³-hybridized carbons (Fsp3) is 0.474. The summed E-state index contributed by atoms with van der Waals surface area (Å²) in [5.41, 5.74) is 3.66. The van der Waals surface area contributed by atoms with Crippen LogP contribution in [0.15, 0.2) is 30.5 Å². The summed E-state index contributed by atoms with van der Waals surface area (Å²) in [5.74, 6) is 1.40. The number of fused-ring (bicyclic) bond motifs is 1. The van der Waals surface area contributed by atoms with Gasteiger partial charge in [-0.25, -0.2) is 0 Å². The molecule has 4 rings (SSSR count). The highest BCUT2D eigenvalue weighted by atomic mass is 16.5. The normalized spacial score (nSPS) is 16.5. The number of aryl methyl sites for hydroxylation is 1. The van der Waals surface area contributed by atoms with Gasteiger partial charge in [0.15, 0.2) is 0 Å². The third kappa shape index (κ3) is 3.85. The molecule has 0 radical (unpaired) electrons. The van der Waals surface area contributed by atoms with Crippen LogP contribution in [0.5, 0.6) is 5.75 Å². The molecule has 0 fully saturated rings. The van der Waals surface area contributed by atoms with E-state index in [2.05, 4.69) is 37.7 Å². The molecule has 1 aliphatic rings. The topological polar surface area (TPSA) is 84.8 Å². The fourth-order valence-corrected chi connectivity index (χ4v) is 3.81. The maximum Gasteiger partial charge on any atom is 0.204 e. The lowest BCUT2D eigenvalue weighted by molar-refractivity contribution is 0.198. The van der Waals surface area contributed by atoms with Gasteiger partial charge in [0, 0.05) is 36.5 Å². The van der Waals surface area contributed by atoms with Crippen molar-refractivity contribution in [1.29, 1.82) is 0 Å². The van der Waals surface area contributed by atoms with Crippen LogP contribution in [0.2, 0.25) is 0 Å². The number of benzene rings is 1. The zero-order valence-electron chi connectivity index (χ0n) is 15.8. The van der Waals surface area contributed by atoms with E-state index in [0.717, 1.165) is 30.7 Å². The van der Waals surface area contributed by atoms with E-state index in [1.54, 1.807) is 0 Å². The summed E-state index contributed by atoms with van der Waals surface area (Å²) < 4.78 is 7.95. The summed E-state index contributed by atoms with van der Waals surface area (Å²) in [5, 5.41) is 18.5. The predicted molar refractivity (Wildman–Crippen MR) is 101 cm³/mol. The number of nitrogens with zero attached hydrogens (tertiary/aromatic N) is 6. The molecule has 1 N–H and O–H groups in total. The van der Waals surface area contributed by atoms with E-state index in [4.69, 9.17) is 4.74 Å². The second-order valence-electron chi connectivity index (χ2n) is 7.02. The van der Waals surface area contributed by atoms with Crippen LogP contribution >= 0.6 is 0 Å². The molecular weight excluding hydrogens is 342 g/mol. The number of aromatic amines is 1. The molecule has 1 aliphatic carbocycles. The Balaban J connectivity index is 1.29. The summed E-state index contributed by atoms with van der Waals surface area (Å²) in [4.78, 5) is 2.43. The lowest BCUT2D eigenvalue weighted by atomic mass is 9.92. The van der Waals surface area contributed by atoms with Crippen molar-refractivity contribution >= 4 is 0 Å². The Morgan fingerprint density at radius 3 is 3.15 bits per heavy atom. The number of H-pyrrole nitrogens is 1. The molecule has 3 aromatic rings. The maximum absolute atomic E-state index is 5.93. The first-order valence-corrected chi connectivity index (χ1v) is 9.40. The van der Waals surface area contributed by atoms with Crippen LogP contribution in [0.4, 0.5) is 0 Å². The Morgan fingerprint density at radius 2 is 2.30 bits per heavy atom. The third-order valence-electron chi connectivity index (χ3n) is 5.24. The molecule has 0 saturated heterocycles. The van der Waals surface area contributed by atoms with E-state index in [0.29, 0.717) is 18.5 Å². The van der Waals surface area contributed by atoms with Gasteiger partial charge in [-0.05, 0) is 50.1 Å². The molecule has 1 aromatic carbocycles. The second kappa shape index (κ2) is 7.87. The first-order chi connectivity index (χ1) is 13.2. The van der Waals surface area contributed by atoms with Crippen LogP contribution in [-0.4, -0.2) is 55.5 Å². The Hall–Kier alpha value is -2.74. The number of ether oxygens (including phenoxy) is 1. The minimum Gasteiger partial charge on any atom is -0.494 e. The zero-order valence-corrected chi connectivity index (χ0v) is 15.8. The van der Waals surface area contributed by atoms with Crippen molar-refractivity contribution in [1.82, 2.24) is 35.3 Å². The molecule has 2 heterocycles. The van der Waals surface area contributed by atoms with Crippen molar-refractivity contribution in [2.75, 3.05) is 20.2 Å². The van der Waals surface area contributed by atoms with Crippen molar-refractivity contribution in [2.24, 2.45) is 7.05 Å². The lowest BCUT2D eigenvalue weighted by Gasteiger charge is -2.31. The van der Waals surface area contributed by atoms with Crippen molar-refractivity contribution in [2.45, 2.75) is 31.7 Å². The molecule has 8 heteroatoms. The van der Waals surface area contributed by atoms with Gasteiger partial charge in [-0.15, -0.1) is 10.2 Å². The quantitative estimate of drug-likeness (QED) is 0.646. The molecule has 27 heavy (non-hydrogen) atoms. The molecule has 1 atom stereocenters. The van der Waals surface area contributed by atoms with Crippen LogP contribution < -0.4 is 4.74 Å². The Bertz CT molecular complexity index is 874. The van der Waals surface area contributed by atoms with Crippen LogP contribution in [0.3, 0.4) is 0 Å². The maximum atomic E-state index is 5.93. The highest BCUT2D eigenvalue weighted by Crippen LogP contribution is 2.33. The van der Waals surface area contributed by atoms with Crippen molar-refractivity contribution in [3.63, 3.8) is 0 Å². The van der Waals surface area contributed by atoms with E-state index in [9.17, 15) is 0 Å². The number of tetrazole rings is 1. The van der Waals surface area contributed by atoms with Crippen molar-refractivity contribution in [3.8, 4) is 17.1 Å². The number of hydrogen-bond donors (Lipinski definition) is 1. The van der Waals surface area contributed by atoms with E-state index >= 15 is 0 Å². The van der Waals surface area contributed by atoms with Gasteiger partial charge in [-0.3, -0.25) is 9.58 Å². The molecular formula is C19H25N7O. The number of aromatic nitrogens is 6. The van der Waals surface area contributed by atoms with Gasteiger partial charge in [0.2, 0.25) is 5.82 Å². The Morgan fingerprint density at radius 1 is 1.37 bits per heavy atom. The van der Waals surface area contributed by atoms with Gasteiger partial charge in [0.25, 0.3) is 0 Å². The monoisotopic (exact) mass is 367 g/mol. The van der Waals surface area contributed by atoms with Crippen molar-refractivity contribution < 1.29 is 4.74 Å². The van der Waals surface area contributed by atoms with E-state index < -0.39 is 0 Å². The zero-order chi connectivity index (χ0) is 18.6. The smallest absolute Gasteiger partial charge is 0.204 e. The third-order valence-corrected chi connectivity index (χ3v) is 5.24. The average molecular weight is 367 g/mol. The van der Waals surface area contributed by atoms with E-state index in [-0.39, 0.29) is 0 Å². The molecule has 0 spiro atoms. The van der Waals surface area contributed by atoms with Gasteiger partial charge in [-0.1, -0.05) is 12.1 Å². The van der Waals surface area contributed by atoms with Crippen LogP contribution in [0.1, 0.15) is 36.6 Å². The summed E-state index contributed by atoms with van der Waals surface area (Å²) in [6, 6.07) is 8.25. The standard InChI is InChI=1S/C19H25N7O/c1-25(17-8-4-9-18-16(17)13-20-26(18)2)10-5-11-27-15-7-3-6-14(12-15)19-21-23-24-22-19/h3,6-7,12-13,17H,4-5,8-11H2,1-2H3,(H,21,22,23,24). The van der Waals surface area contributed by atoms with Crippen molar-refractivity contribution in [3.05, 3.63) is 41.7 Å². The average Bonchev–Trinajstić information content (AvgIpc) is 3.36. The van der Waals surface area contributed by atoms with E-state index in [1.165, 1.54) is 24.1 Å². The number of hydrogen-bond acceptors (Lipinski definition) is 6. The minimum atomic E-state index is 0.462. The first-order valence-electron chi connectivity index (χ1n) is 9.40. The van der Waals surface area contributed by atoms with Gasteiger partial charge in [0.05, 0.1) is 12.8 Å². The van der Waals surface area contributed by atoms with Crippen LogP contribution in [0, 0.1) is 0 Å². The van der Waals surface area contributed by atoms with Gasteiger partial charge < -0.3 is 4.74 Å². The summed E-state index contributed by atoms with van der Waals surface area (Å²) in [7, 11) is 4.24. The second-order valence-corrected chi connectivity index (χ2v) is 7.02. The fourth-order valence-electron chi connectivity index (χ4n) is 3.81. The largest absolute Gasteiger partial charge is 0.494 e. The van der Waals surface area contributed by atoms with Gasteiger partial charge in [0.1, 0.15) is 5.75 Å². The Labute approximate surface area is 158 Å². The van der Waals surface area contributed by atoms with Gasteiger partial charge >= 0.3 is 0 Å². The Kier molecular flexibility index (Phi) is 5.15. The SMILES string of the molecule is CN(CCCOc1cccc(-c2nn[nH]n2)c1)C1CCCc2c1cnn2C. The molecule has 2 aromatic heterocycles. The molecule has 0 aliphatic heterocycles. The highest BCUT2D eigenvalue weighted by Gasteiger charge is 2.26. The highest BCUT2D eigenvalue weighted by molar-refractivity contribution is 5.56. The summed E-state index contributed by atoms with van der Waals surface area (Å²) in [6.45, 7) is 1.66. The lowest BCUT2D eigenvalue weighted by Crippen LogP contribution is -2.29. The van der Waals surface area contributed by atoms with Crippen LogP contribution in [-0.2, 0) is 13.5 Å². The van der Waals surface area contributed by atoms with E-state index in [1.807, 2.05) is 42.2 Å². The first kappa shape index (κ1) is 17.7. The minimum absolute atomic E-state index is 0.462. The summed E-state index contributed by atoms with van der Waals surface area (Å²) in [6.07, 6.45) is 6.56. The summed E-state index contributed by atoms with van der Waals surface area (Å²) >= 11 is 0. The van der Waals surface area contributed by atoms with Gasteiger partial charge in [-0.2, -0.15) is 10.3 Å². The molecule has 8 nitrogen and oxygen atoms in total. The number of nitrogens with one attached hydrogen (secondary N) is 1. The molecule has 142 valence electrons. The molecule has 0 bridgehead atoms.